The van der Waals surface area contributed by atoms with Crippen LogP contribution in [0.25, 0.3) is 0 Å². The van der Waals surface area contributed by atoms with Gasteiger partial charge in [0.1, 0.15) is 0 Å². The van der Waals surface area contributed by atoms with Crippen LogP contribution in [-0.4, -0.2) is 20.7 Å². The fourth-order valence-corrected chi connectivity index (χ4v) is 4.65. The van der Waals surface area contributed by atoms with Crippen molar-refractivity contribution in [3.63, 3.8) is 0 Å². The molecule has 3 aromatic rings. The quantitative estimate of drug-likeness (QED) is 0.557. The lowest BCUT2D eigenvalue weighted by molar-refractivity contribution is 0.601. The molecule has 4 nitrogen and oxygen atoms in total. The van der Waals surface area contributed by atoms with E-state index < -0.39 is 10.0 Å². The van der Waals surface area contributed by atoms with Crippen LogP contribution in [0.3, 0.4) is 0 Å². The highest BCUT2D eigenvalue weighted by molar-refractivity contribution is 9.10. The maximum atomic E-state index is 12.7. The summed E-state index contributed by atoms with van der Waals surface area (Å²) in [4.78, 5) is 4.87. The Balaban J connectivity index is 1.67. The van der Waals surface area contributed by atoms with Gasteiger partial charge in [-0.05, 0) is 60.5 Å². The number of benzene rings is 3. The van der Waals surface area contributed by atoms with E-state index in [1.54, 1.807) is 36.4 Å². The Morgan fingerprint density at radius 1 is 1.00 bits per heavy atom. The van der Waals surface area contributed by atoms with Crippen LogP contribution in [0.2, 0.25) is 5.02 Å². The van der Waals surface area contributed by atoms with Gasteiger partial charge in [-0.1, -0.05) is 45.7 Å². The van der Waals surface area contributed by atoms with E-state index in [-0.39, 0.29) is 4.90 Å². The molecule has 1 heterocycles. The number of sulfonamides is 1. The molecular weight excluding hydrogens is 460 g/mol. The van der Waals surface area contributed by atoms with E-state index in [0.29, 0.717) is 17.3 Å². The van der Waals surface area contributed by atoms with Crippen LogP contribution in [-0.2, 0) is 16.4 Å². The van der Waals surface area contributed by atoms with Gasteiger partial charge in [-0.3, -0.25) is 9.71 Å². The molecule has 142 valence electrons. The standard InChI is InChI=1S/C21H16BrClN2O2S/c22-16-5-8-19(9-6-16)28(26,27)25-18-3-1-2-15(12-18)21-20-13-17(23)7-4-14(20)10-11-24-21/h1-9,12-13,25H,10-11H2. The fourth-order valence-electron chi connectivity index (χ4n) is 3.17. The summed E-state index contributed by atoms with van der Waals surface area (Å²) in [5.41, 5.74) is 4.34. The molecule has 0 aliphatic carbocycles. The minimum atomic E-state index is -3.68. The molecule has 0 saturated carbocycles. The van der Waals surface area contributed by atoms with Crippen LogP contribution in [0.15, 0.2) is 81.1 Å². The summed E-state index contributed by atoms with van der Waals surface area (Å²) in [7, 11) is -3.68. The van der Waals surface area contributed by atoms with Crippen molar-refractivity contribution >= 4 is 49.0 Å². The van der Waals surface area contributed by atoms with Gasteiger partial charge in [-0.15, -0.1) is 0 Å². The molecule has 4 rings (SSSR count). The zero-order valence-corrected chi connectivity index (χ0v) is 17.9. The van der Waals surface area contributed by atoms with E-state index in [1.165, 1.54) is 5.56 Å². The van der Waals surface area contributed by atoms with Crippen molar-refractivity contribution in [1.82, 2.24) is 0 Å². The molecular formula is C21H16BrClN2O2S. The first-order valence-electron chi connectivity index (χ1n) is 8.64. The Labute approximate surface area is 177 Å². The first kappa shape index (κ1) is 19.2. The second-order valence-electron chi connectivity index (χ2n) is 6.42. The number of hydrogen-bond donors (Lipinski definition) is 1. The third-order valence-corrected chi connectivity index (χ3v) is 6.65. The van der Waals surface area contributed by atoms with Gasteiger partial charge in [-0.25, -0.2) is 8.42 Å². The third kappa shape index (κ3) is 3.99. The molecule has 1 N–H and O–H groups in total. The molecule has 0 unspecified atom stereocenters. The Hall–Kier alpha value is -2.15. The third-order valence-electron chi connectivity index (χ3n) is 4.49. The SMILES string of the molecule is O=S(=O)(Nc1cccc(C2=NCCc3ccc(Cl)cc32)c1)c1ccc(Br)cc1. The van der Waals surface area contributed by atoms with Crippen molar-refractivity contribution in [3.05, 3.63) is 92.9 Å². The number of nitrogens with one attached hydrogen (secondary N) is 1. The van der Waals surface area contributed by atoms with E-state index in [4.69, 9.17) is 11.6 Å². The Morgan fingerprint density at radius 2 is 1.79 bits per heavy atom. The number of hydrogen-bond acceptors (Lipinski definition) is 3. The molecule has 0 amide bonds. The lowest BCUT2D eigenvalue weighted by atomic mass is 9.93. The summed E-state index contributed by atoms with van der Waals surface area (Å²) in [5.74, 6) is 0. The van der Waals surface area contributed by atoms with Gasteiger partial charge >= 0.3 is 0 Å². The van der Waals surface area contributed by atoms with Gasteiger partial charge in [0.2, 0.25) is 0 Å². The van der Waals surface area contributed by atoms with E-state index in [2.05, 4.69) is 25.6 Å². The number of halogens is 2. The molecule has 0 atom stereocenters. The van der Waals surface area contributed by atoms with Crippen molar-refractivity contribution in [2.45, 2.75) is 11.3 Å². The maximum absolute atomic E-state index is 12.7. The number of fused-ring (bicyclic) bond motifs is 1. The molecule has 1 aliphatic rings. The molecule has 0 radical (unpaired) electrons. The minimum Gasteiger partial charge on any atom is -0.284 e. The topological polar surface area (TPSA) is 58.5 Å². The highest BCUT2D eigenvalue weighted by Gasteiger charge is 2.18. The lowest BCUT2D eigenvalue weighted by Crippen LogP contribution is -2.16. The largest absolute Gasteiger partial charge is 0.284 e. The summed E-state index contributed by atoms with van der Waals surface area (Å²) >= 11 is 9.49. The van der Waals surface area contributed by atoms with Gasteiger partial charge in [0, 0.05) is 32.9 Å². The van der Waals surface area contributed by atoms with Crippen LogP contribution in [0, 0.1) is 0 Å². The molecule has 28 heavy (non-hydrogen) atoms. The fraction of sp³-hybridized carbons (Fsp3) is 0.0952. The number of nitrogens with zero attached hydrogens (tertiary/aromatic N) is 1. The monoisotopic (exact) mass is 474 g/mol. The van der Waals surface area contributed by atoms with Crippen LogP contribution in [0.1, 0.15) is 16.7 Å². The van der Waals surface area contributed by atoms with E-state index >= 15 is 0 Å². The second-order valence-corrected chi connectivity index (χ2v) is 9.46. The van der Waals surface area contributed by atoms with Crippen LogP contribution in [0.4, 0.5) is 5.69 Å². The van der Waals surface area contributed by atoms with Crippen LogP contribution >= 0.6 is 27.5 Å². The molecule has 0 spiro atoms. The Morgan fingerprint density at radius 3 is 2.57 bits per heavy atom. The highest BCUT2D eigenvalue weighted by atomic mass is 79.9. The number of rotatable bonds is 4. The zero-order valence-electron chi connectivity index (χ0n) is 14.7. The van der Waals surface area contributed by atoms with Crippen molar-refractivity contribution in [3.8, 4) is 0 Å². The summed E-state index contributed by atoms with van der Waals surface area (Å²) in [6.45, 7) is 0.693. The predicted molar refractivity (Wildman–Crippen MR) is 117 cm³/mol. The van der Waals surface area contributed by atoms with Crippen molar-refractivity contribution in [1.29, 1.82) is 0 Å². The molecule has 0 fully saturated rings. The van der Waals surface area contributed by atoms with Crippen LogP contribution in [0.5, 0.6) is 0 Å². The van der Waals surface area contributed by atoms with Crippen molar-refractivity contribution < 1.29 is 8.42 Å². The van der Waals surface area contributed by atoms with Crippen LogP contribution < -0.4 is 4.72 Å². The zero-order chi connectivity index (χ0) is 19.7. The average Bonchev–Trinajstić information content (AvgIpc) is 2.67. The van der Waals surface area contributed by atoms with Gasteiger partial charge in [0.05, 0.1) is 10.6 Å². The molecule has 0 aromatic heterocycles. The van der Waals surface area contributed by atoms with E-state index in [9.17, 15) is 8.42 Å². The molecule has 3 aromatic carbocycles. The highest BCUT2D eigenvalue weighted by Crippen LogP contribution is 2.26. The normalized spacial score (nSPS) is 13.6. The average molecular weight is 476 g/mol. The summed E-state index contributed by atoms with van der Waals surface area (Å²) in [6.07, 6.45) is 0.867. The van der Waals surface area contributed by atoms with Gasteiger partial charge < -0.3 is 0 Å². The maximum Gasteiger partial charge on any atom is 0.261 e. The number of anilines is 1. The summed E-state index contributed by atoms with van der Waals surface area (Å²) in [6, 6.07) is 19.6. The number of aliphatic imine (C=N–C) groups is 1. The molecule has 7 heteroatoms. The summed E-state index contributed by atoms with van der Waals surface area (Å²) < 4.78 is 28.8. The van der Waals surface area contributed by atoms with E-state index in [1.807, 2.05) is 30.3 Å². The predicted octanol–water partition coefficient (Wildman–Crippen LogP) is 5.30. The van der Waals surface area contributed by atoms with E-state index in [0.717, 1.165) is 27.7 Å². The first-order valence-corrected chi connectivity index (χ1v) is 11.3. The van der Waals surface area contributed by atoms with Crippen molar-refractivity contribution in [2.24, 2.45) is 4.99 Å². The minimum absolute atomic E-state index is 0.202. The lowest BCUT2D eigenvalue weighted by Gasteiger charge is -2.18. The van der Waals surface area contributed by atoms with Gasteiger partial charge in [0.25, 0.3) is 10.0 Å². The molecule has 0 saturated heterocycles. The first-order chi connectivity index (χ1) is 13.4. The van der Waals surface area contributed by atoms with Gasteiger partial charge in [0.15, 0.2) is 0 Å². The Kier molecular flexibility index (Phi) is 5.27. The molecule has 1 aliphatic heterocycles. The molecule has 0 bridgehead atoms. The second kappa shape index (κ2) is 7.70. The van der Waals surface area contributed by atoms with Gasteiger partial charge in [-0.2, -0.15) is 0 Å². The Bertz CT molecular complexity index is 1180. The summed E-state index contributed by atoms with van der Waals surface area (Å²) in [5, 5.41) is 0.653. The van der Waals surface area contributed by atoms with Crippen molar-refractivity contribution in [2.75, 3.05) is 11.3 Å². The smallest absolute Gasteiger partial charge is 0.261 e.